The molecule has 1 aliphatic heterocycles. The number of nitrogens with one attached hydrogen (secondary N) is 1. The molecule has 0 unspecified atom stereocenters. The minimum Gasteiger partial charge on any atom is -0.493 e. The Morgan fingerprint density at radius 3 is 2.70 bits per heavy atom. The lowest BCUT2D eigenvalue weighted by atomic mass is 10.00. The molecule has 1 N–H and O–H groups in total. The standard InChI is InChI=1S/C25H35N3O4S/c1-5-13-26-25(30)28(18(3)6-2)16-24(29)27-14-11-23-19(12-15-33-23)20(27)17-32-22-10-8-7-9-21(22)31-4/h7-10,12,15,18,20H,5-6,11,13-14,16-17H2,1-4H3,(H,26,30)/t18-,20-/m1/s1. The number of rotatable bonds is 10. The van der Waals surface area contributed by atoms with Crippen molar-refractivity contribution in [1.82, 2.24) is 15.1 Å². The molecule has 2 aromatic rings. The number of fused-ring (bicyclic) bond motifs is 1. The number of para-hydroxylation sites is 2. The molecule has 3 amide bonds. The monoisotopic (exact) mass is 473 g/mol. The molecular formula is C25H35N3O4S. The third kappa shape index (κ3) is 5.99. The Hall–Kier alpha value is -2.74. The van der Waals surface area contributed by atoms with Gasteiger partial charge in [0.15, 0.2) is 11.5 Å². The van der Waals surface area contributed by atoms with Crippen molar-refractivity contribution in [2.45, 2.75) is 52.1 Å². The molecule has 0 spiro atoms. The summed E-state index contributed by atoms with van der Waals surface area (Å²) in [5.74, 6) is 1.25. The zero-order chi connectivity index (χ0) is 23.8. The lowest BCUT2D eigenvalue weighted by Gasteiger charge is -2.38. The van der Waals surface area contributed by atoms with Gasteiger partial charge in [0.2, 0.25) is 5.91 Å². The molecule has 0 radical (unpaired) electrons. The maximum atomic E-state index is 13.5. The fourth-order valence-electron chi connectivity index (χ4n) is 4.00. The van der Waals surface area contributed by atoms with Gasteiger partial charge >= 0.3 is 6.03 Å². The van der Waals surface area contributed by atoms with Gasteiger partial charge in [-0.3, -0.25) is 4.79 Å². The summed E-state index contributed by atoms with van der Waals surface area (Å²) in [6.07, 6.45) is 2.44. The molecule has 180 valence electrons. The van der Waals surface area contributed by atoms with E-state index in [1.54, 1.807) is 23.3 Å². The van der Waals surface area contributed by atoms with Crippen LogP contribution >= 0.6 is 11.3 Å². The summed E-state index contributed by atoms with van der Waals surface area (Å²) < 4.78 is 11.6. The Balaban J connectivity index is 1.78. The first kappa shape index (κ1) is 24.9. The highest BCUT2D eigenvalue weighted by atomic mass is 32.1. The predicted molar refractivity (Wildman–Crippen MR) is 131 cm³/mol. The number of thiophene rings is 1. The van der Waals surface area contributed by atoms with Gasteiger partial charge in [-0.1, -0.05) is 26.0 Å². The van der Waals surface area contributed by atoms with Crippen LogP contribution < -0.4 is 14.8 Å². The van der Waals surface area contributed by atoms with Crippen LogP contribution in [-0.2, 0) is 11.2 Å². The quantitative estimate of drug-likeness (QED) is 0.552. The number of carbonyl (C=O) groups excluding carboxylic acids is 2. The zero-order valence-electron chi connectivity index (χ0n) is 20.0. The van der Waals surface area contributed by atoms with E-state index in [0.717, 1.165) is 24.8 Å². The Kier molecular flexibility index (Phi) is 9.00. The topological polar surface area (TPSA) is 71.1 Å². The van der Waals surface area contributed by atoms with Gasteiger partial charge < -0.3 is 24.6 Å². The highest BCUT2D eigenvalue weighted by Gasteiger charge is 2.34. The van der Waals surface area contributed by atoms with Crippen molar-refractivity contribution < 1.29 is 19.1 Å². The normalized spacial score (nSPS) is 16.0. The van der Waals surface area contributed by atoms with Crippen LogP contribution in [0.15, 0.2) is 35.7 Å². The van der Waals surface area contributed by atoms with Crippen molar-refractivity contribution in [2.24, 2.45) is 0 Å². The lowest BCUT2D eigenvalue weighted by molar-refractivity contribution is -0.135. The number of carbonyl (C=O) groups is 2. The van der Waals surface area contributed by atoms with Crippen LogP contribution in [0.1, 0.15) is 50.1 Å². The summed E-state index contributed by atoms with van der Waals surface area (Å²) in [6, 6.07) is 9.16. The van der Waals surface area contributed by atoms with E-state index in [1.807, 2.05) is 49.9 Å². The number of urea groups is 1. The van der Waals surface area contributed by atoms with Gasteiger partial charge in [0.1, 0.15) is 13.2 Å². The fourth-order valence-corrected chi connectivity index (χ4v) is 4.93. The van der Waals surface area contributed by atoms with Gasteiger partial charge in [0, 0.05) is 24.0 Å². The second kappa shape index (κ2) is 11.9. The predicted octanol–water partition coefficient (Wildman–Crippen LogP) is 4.48. The van der Waals surface area contributed by atoms with E-state index < -0.39 is 0 Å². The molecule has 2 atom stereocenters. The fraction of sp³-hybridized carbons (Fsp3) is 0.520. The zero-order valence-corrected chi connectivity index (χ0v) is 20.8. The van der Waals surface area contributed by atoms with E-state index in [-0.39, 0.29) is 30.6 Å². The number of hydrogen-bond donors (Lipinski definition) is 1. The van der Waals surface area contributed by atoms with E-state index in [2.05, 4.69) is 16.8 Å². The molecule has 0 aliphatic carbocycles. The van der Waals surface area contributed by atoms with Gasteiger partial charge in [-0.15, -0.1) is 11.3 Å². The van der Waals surface area contributed by atoms with Gasteiger partial charge in [-0.25, -0.2) is 4.79 Å². The van der Waals surface area contributed by atoms with Crippen molar-refractivity contribution in [3.63, 3.8) is 0 Å². The third-order valence-corrected chi connectivity index (χ3v) is 7.09. The number of nitrogens with zero attached hydrogens (tertiary/aromatic N) is 2. The van der Waals surface area contributed by atoms with E-state index in [4.69, 9.17) is 9.47 Å². The molecule has 1 aliphatic rings. The van der Waals surface area contributed by atoms with E-state index in [9.17, 15) is 9.59 Å². The van der Waals surface area contributed by atoms with Crippen molar-refractivity contribution >= 4 is 23.3 Å². The lowest BCUT2D eigenvalue weighted by Crippen LogP contribution is -2.52. The van der Waals surface area contributed by atoms with Crippen LogP contribution in [0.5, 0.6) is 11.5 Å². The highest BCUT2D eigenvalue weighted by Crippen LogP contribution is 2.35. The average molecular weight is 474 g/mol. The minimum absolute atomic E-state index is 0.0319. The Morgan fingerprint density at radius 2 is 2.00 bits per heavy atom. The van der Waals surface area contributed by atoms with E-state index in [0.29, 0.717) is 31.2 Å². The van der Waals surface area contributed by atoms with Gasteiger partial charge in [-0.05, 0) is 55.3 Å². The molecule has 2 heterocycles. The molecule has 3 rings (SSSR count). The maximum Gasteiger partial charge on any atom is 0.318 e. The van der Waals surface area contributed by atoms with Crippen LogP contribution in [0.25, 0.3) is 0 Å². The van der Waals surface area contributed by atoms with Crippen LogP contribution in [0.4, 0.5) is 4.79 Å². The number of methoxy groups -OCH3 is 1. The summed E-state index contributed by atoms with van der Waals surface area (Å²) in [5, 5.41) is 4.99. The third-order valence-electron chi connectivity index (χ3n) is 6.10. The van der Waals surface area contributed by atoms with Crippen molar-refractivity contribution in [2.75, 3.05) is 33.4 Å². The molecule has 33 heavy (non-hydrogen) atoms. The molecular weight excluding hydrogens is 438 g/mol. The van der Waals surface area contributed by atoms with Gasteiger partial charge in [0.25, 0.3) is 0 Å². The molecule has 8 heteroatoms. The molecule has 0 bridgehead atoms. The second-order valence-electron chi connectivity index (χ2n) is 8.23. The highest BCUT2D eigenvalue weighted by molar-refractivity contribution is 7.10. The summed E-state index contributed by atoms with van der Waals surface area (Å²) >= 11 is 1.72. The largest absolute Gasteiger partial charge is 0.493 e. The number of ether oxygens (including phenoxy) is 2. The van der Waals surface area contributed by atoms with Crippen molar-refractivity contribution in [3.8, 4) is 11.5 Å². The van der Waals surface area contributed by atoms with Crippen LogP contribution in [0.3, 0.4) is 0 Å². The van der Waals surface area contributed by atoms with Gasteiger partial charge in [-0.2, -0.15) is 0 Å². The van der Waals surface area contributed by atoms with Crippen LogP contribution in [-0.4, -0.2) is 61.1 Å². The first-order valence-electron chi connectivity index (χ1n) is 11.7. The second-order valence-corrected chi connectivity index (χ2v) is 9.23. The van der Waals surface area contributed by atoms with Crippen molar-refractivity contribution in [1.29, 1.82) is 0 Å². The molecule has 0 fully saturated rings. The molecule has 1 aromatic heterocycles. The van der Waals surface area contributed by atoms with E-state index in [1.165, 1.54) is 4.88 Å². The Labute approximate surface area is 200 Å². The molecule has 1 aromatic carbocycles. The van der Waals surface area contributed by atoms with E-state index >= 15 is 0 Å². The summed E-state index contributed by atoms with van der Waals surface area (Å²) in [5.41, 5.74) is 1.13. The molecule has 0 saturated carbocycles. The SMILES string of the molecule is CCCNC(=O)N(CC(=O)N1CCc2sccc2[C@H]1COc1ccccc1OC)[C@H](C)CC. The van der Waals surface area contributed by atoms with Crippen LogP contribution in [0, 0.1) is 0 Å². The van der Waals surface area contributed by atoms with Gasteiger partial charge in [0.05, 0.1) is 13.2 Å². The first-order chi connectivity index (χ1) is 16.0. The number of amides is 3. The summed E-state index contributed by atoms with van der Waals surface area (Å²) in [6.45, 7) is 7.59. The van der Waals surface area contributed by atoms with Crippen LogP contribution in [0.2, 0.25) is 0 Å². The number of benzene rings is 1. The average Bonchev–Trinajstić information content (AvgIpc) is 3.33. The smallest absolute Gasteiger partial charge is 0.318 e. The number of hydrogen-bond acceptors (Lipinski definition) is 5. The minimum atomic E-state index is -0.213. The Morgan fingerprint density at radius 1 is 1.24 bits per heavy atom. The molecule has 7 nitrogen and oxygen atoms in total. The first-order valence-corrected chi connectivity index (χ1v) is 12.5. The summed E-state index contributed by atoms with van der Waals surface area (Å²) in [7, 11) is 1.61. The molecule has 0 saturated heterocycles. The summed E-state index contributed by atoms with van der Waals surface area (Å²) in [4.78, 5) is 31.1. The Bertz CT molecular complexity index is 932. The maximum absolute atomic E-state index is 13.5. The van der Waals surface area contributed by atoms with Crippen molar-refractivity contribution in [3.05, 3.63) is 46.2 Å².